The molecule has 9 heteroatoms. The van der Waals surface area contributed by atoms with Crippen molar-refractivity contribution < 1.29 is 22.7 Å². The van der Waals surface area contributed by atoms with Gasteiger partial charge in [-0.25, -0.2) is 8.42 Å². The summed E-state index contributed by atoms with van der Waals surface area (Å²) < 4.78 is 34.5. The van der Waals surface area contributed by atoms with Crippen molar-refractivity contribution in [3.8, 4) is 5.75 Å². The molecule has 0 aliphatic heterocycles. The van der Waals surface area contributed by atoms with Crippen molar-refractivity contribution in [3.63, 3.8) is 0 Å². The standard InChI is InChI=1S/C32H41N3O5S/c1-8-25(5)33-32(37)26(6)34(20-27-13-15-28(40-7)16-14-27)31(36)21-35(30-19-23(3)9-12-24(30)4)41(38,39)29-17-10-22(2)11-18-29/h9-19,25-26H,8,20-21H2,1-7H3,(H,33,37)/t25-,26+/m1/s1. The molecule has 41 heavy (non-hydrogen) atoms. The van der Waals surface area contributed by atoms with Crippen LogP contribution in [-0.4, -0.2) is 50.9 Å². The van der Waals surface area contributed by atoms with E-state index in [2.05, 4.69) is 5.32 Å². The van der Waals surface area contributed by atoms with Crippen LogP contribution in [0.3, 0.4) is 0 Å². The maximum absolute atomic E-state index is 14.1. The first-order chi connectivity index (χ1) is 19.4. The van der Waals surface area contributed by atoms with Gasteiger partial charge in [-0.15, -0.1) is 0 Å². The van der Waals surface area contributed by atoms with Gasteiger partial charge in [0.25, 0.3) is 10.0 Å². The summed E-state index contributed by atoms with van der Waals surface area (Å²) in [5.74, 6) is -0.135. The fourth-order valence-electron chi connectivity index (χ4n) is 4.31. The highest BCUT2D eigenvalue weighted by Gasteiger charge is 2.33. The summed E-state index contributed by atoms with van der Waals surface area (Å²) in [4.78, 5) is 28.8. The first kappa shape index (κ1) is 31.7. The summed E-state index contributed by atoms with van der Waals surface area (Å²) >= 11 is 0. The number of carbonyl (C=O) groups is 2. The largest absolute Gasteiger partial charge is 0.497 e. The first-order valence-electron chi connectivity index (χ1n) is 13.8. The molecule has 0 fully saturated rings. The van der Waals surface area contributed by atoms with Crippen LogP contribution in [0.5, 0.6) is 5.75 Å². The van der Waals surface area contributed by atoms with Gasteiger partial charge in [0.2, 0.25) is 11.8 Å². The van der Waals surface area contributed by atoms with Crippen LogP contribution in [0.2, 0.25) is 0 Å². The van der Waals surface area contributed by atoms with Gasteiger partial charge in [0.1, 0.15) is 18.3 Å². The Labute approximate surface area is 244 Å². The minimum Gasteiger partial charge on any atom is -0.497 e. The Morgan fingerprint density at radius 1 is 0.902 bits per heavy atom. The molecule has 0 aliphatic carbocycles. The van der Waals surface area contributed by atoms with Crippen LogP contribution in [0.25, 0.3) is 0 Å². The van der Waals surface area contributed by atoms with Gasteiger partial charge in [-0.2, -0.15) is 0 Å². The fraction of sp³-hybridized carbons (Fsp3) is 0.375. The number of aryl methyl sites for hydroxylation is 3. The fourth-order valence-corrected chi connectivity index (χ4v) is 5.79. The van der Waals surface area contributed by atoms with Crippen LogP contribution in [0.4, 0.5) is 5.69 Å². The number of benzene rings is 3. The van der Waals surface area contributed by atoms with Crippen molar-refractivity contribution >= 4 is 27.5 Å². The molecule has 2 atom stereocenters. The zero-order valence-corrected chi connectivity index (χ0v) is 25.8. The van der Waals surface area contributed by atoms with E-state index in [0.717, 1.165) is 27.4 Å². The van der Waals surface area contributed by atoms with Crippen molar-refractivity contribution in [1.82, 2.24) is 10.2 Å². The van der Waals surface area contributed by atoms with Crippen LogP contribution >= 0.6 is 0 Å². The monoisotopic (exact) mass is 579 g/mol. The Morgan fingerprint density at radius 3 is 2.10 bits per heavy atom. The van der Waals surface area contributed by atoms with Crippen molar-refractivity contribution in [1.29, 1.82) is 0 Å². The number of ether oxygens (including phenoxy) is 1. The van der Waals surface area contributed by atoms with Crippen molar-refractivity contribution in [3.05, 3.63) is 89.0 Å². The molecular formula is C32H41N3O5S. The predicted octanol–water partition coefficient (Wildman–Crippen LogP) is 5.15. The number of hydrogen-bond acceptors (Lipinski definition) is 5. The van der Waals surface area contributed by atoms with Crippen LogP contribution in [0.1, 0.15) is 49.4 Å². The van der Waals surface area contributed by atoms with E-state index in [1.54, 1.807) is 56.5 Å². The molecule has 2 amide bonds. The van der Waals surface area contributed by atoms with Crippen LogP contribution in [-0.2, 0) is 26.2 Å². The lowest BCUT2D eigenvalue weighted by atomic mass is 10.1. The number of anilines is 1. The highest BCUT2D eigenvalue weighted by Crippen LogP contribution is 2.29. The van der Waals surface area contributed by atoms with E-state index in [9.17, 15) is 18.0 Å². The van der Waals surface area contributed by atoms with Crippen LogP contribution in [0.15, 0.2) is 71.6 Å². The SMILES string of the molecule is CC[C@@H](C)NC(=O)[C@H](C)N(Cc1ccc(OC)cc1)C(=O)CN(c1cc(C)ccc1C)S(=O)(=O)c1ccc(C)cc1. The summed E-state index contributed by atoms with van der Waals surface area (Å²) in [5.41, 5.74) is 3.69. The average Bonchev–Trinajstić information content (AvgIpc) is 2.95. The van der Waals surface area contributed by atoms with Crippen LogP contribution in [0, 0.1) is 20.8 Å². The Hall–Kier alpha value is -3.85. The predicted molar refractivity (Wildman–Crippen MR) is 163 cm³/mol. The third-order valence-corrected chi connectivity index (χ3v) is 8.98. The lowest BCUT2D eigenvalue weighted by molar-refractivity contribution is -0.139. The molecule has 0 spiro atoms. The number of carbonyl (C=O) groups excluding carboxylic acids is 2. The van der Waals surface area contributed by atoms with Crippen molar-refractivity contribution in [2.24, 2.45) is 0 Å². The zero-order chi connectivity index (χ0) is 30.3. The summed E-state index contributed by atoms with van der Waals surface area (Å²) in [6.07, 6.45) is 0.736. The Morgan fingerprint density at radius 2 is 1.51 bits per heavy atom. The van der Waals surface area contributed by atoms with Gasteiger partial charge in [-0.1, -0.05) is 48.9 Å². The molecule has 0 saturated heterocycles. The van der Waals surface area contributed by atoms with Gasteiger partial charge in [0, 0.05) is 12.6 Å². The molecule has 0 radical (unpaired) electrons. The minimum absolute atomic E-state index is 0.0729. The maximum atomic E-state index is 14.1. The summed E-state index contributed by atoms with van der Waals surface area (Å²) in [6, 6.07) is 18.3. The van der Waals surface area contributed by atoms with E-state index in [1.165, 1.54) is 4.90 Å². The molecule has 3 aromatic carbocycles. The second-order valence-corrected chi connectivity index (χ2v) is 12.3. The van der Waals surface area contributed by atoms with Gasteiger partial charge in [-0.05, 0) is 88.1 Å². The topological polar surface area (TPSA) is 96.0 Å². The number of rotatable bonds is 12. The molecule has 0 bridgehead atoms. The van der Waals surface area contributed by atoms with Gasteiger partial charge < -0.3 is 15.0 Å². The lowest BCUT2D eigenvalue weighted by Gasteiger charge is -2.33. The van der Waals surface area contributed by atoms with Gasteiger partial charge >= 0.3 is 0 Å². The van der Waals surface area contributed by atoms with E-state index in [4.69, 9.17) is 4.74 Å². The third-order valence-electron chi connectivity index (χ3n) is 7.20. The van der Waals surface area contributed by atoms with Gasteiger partial charge in [-0.3, -0.25) is 13.9 Å². The van der Waals surface area contributed by atoms with Crippen LogP contribution < -0.4 is 14.4 Å². The van der Waals surface area contributed by atoms with E-state index >= 15 is 0 Å². The number of nitrogens with one attached hydrogen (secondary N) is 1. The van der Waals surface area contributed by atoms with Gasteiger partial charge in [0.05, 0.1) is 17.7 Å². The molecule has 1 N–H and O–H groups in total. The number of amides is 2. The van der Waals surface area contributed by atoms with E-state index in [0.29, 0.717) is 17.0 Å². The summed E-state index contributed by atoms with van der Waals surface area (Å²) in [5, 5.41) is 2.95. The molecule has 0 unspecified atom stereocenters. The number of methoxy groups -OCH3 is 1. The lowest BCUT2D eigenvalue weighted by Crippen LogP contribution is -2.52. The number of sulfonamides is 1. The molecule has 3 rings (SSSR count). The molecule has 8 nitrogen and oxygen atoms in total. The molecule has 0 heterocycles. The molecular weight excluding hydrogens is 538 g/mol. The second-order valence-electron chi connectivity index (χ2n) is 10.5. The highest BCUT2D eigenvalue weighted by atomic mass is 32.2. The van der Waals surface area contributed by atoms with Crippen molar-refractivity contribution in [2.45, 2.75) is 71.5 Å². The Bertz CT molecular complexity index is 1450. The zero-order valence-electron chi connectivity index (χ0n) is 25.0. The summed E-state index contributed by atoms with van der Waals surface area (Å²) in [7, 11) is -2.55. The molecule has 0 aromatic heterocycles. The molecule has 220 valence electrons. The Kier molecular flexibility index (Phi) is 10.6. The minimum atomic E-state index is -4.12. The maximum Gasteiger partial charge on any atom is 0.264 e. The van der Waals surface area contributed by atoms with E-state index in [1.807, 2.05) is 58.9 Å². The van der Waals surface area contributed by atoms with Crippen molar-refractivity contribution in [2.75, 3.05) is 18.0 Å². The second kappa shape index (κ2) is 13.7. The molecule has 0 aliphatic rings. The van der Waals surface area contributed by atoms with E-state index in [-0.39, 0.29) is 23.4 Å². The smallest absolute Gasteiger partial charge is 0.264 e. The number of nitrogens with zero attached hydrogens (tertiary/aromatic N) is 2. The average molecular weight is 580 g/mol. The molecule has 0 saturated carbocycles. The quantitative estimate of drug-likeness (QED) is 0.320. The van der Waals surface area contributed by atoms with Gasteiger partial charge in [0.15, 0.2) is 0 Å². The Balaban J connectivity index is 2.06. The number of hydrogen-bond donors (Lipinski definition) is 1. The highest BCUT2D eigenvalue weighted by molar-refractivity contribution is 7.92. The normalized spacial score (nSPS) is 12.8. The van der Waals surface area contributed by atoms with E-state index < -0.39 is 28.5 Å². The first-order valence-corrected chi connectivity index (χ1v) is 15.2. The third kappa shape index (κ3) is 7.88. The molecule has 3 aromatic rings. The summed E-state index contributed by atoms with van der Waals surface area (Å²) in [6.45, 7) is 10.7.